The second kappa shape index (κ2) is 7.72. The van der Waals surface area contributed by atoms with Crippen molar-refractivity contribution < 1.29 is 9.84 Å². The molecule has 0 amide bonds. The van der Waals surface area contributed by atoms with Gasteiger partial charge in [0.2, 0.25) is 0 Å². The fourth-order valence-corrected chi connectivity index (χ4v) is 5.07. The van der Waals surface area contributed by atoms with Gasteiger partial charge in [-0.25, -0.2) is 0 Å². The van der Waals surface area contributed by atoms with E-state index >= 15 is 0 Å². The number of fused-ring (bicyclic) bond motifs is 4. The summed E-state index contributed by atoms with van der Waals surface area (Å²) in [5.74, 6) is 1.73. The van der Waals surface area contributed by atoms with Gasteiger partial charge in [0.15, 0.2) is 0 Å². The molecule has 0 radical (unpaired) electrons. The summed E-state index contributed by atoms with van der Waals surface area (Å²) in [6.07, 6.45) is 0.603. The fourth-order valence-electron chi connectivity index (χ4n) is 5.07. The zero-order valence-electron chi connectivity index (χ0n) is 17.0. The minimum atomic E-state index is -0.531. The Morgan fingerprint density at radius 1 is 1.14 bits per heavy atom. The molecule has 2 aliphatic rings. The van der Waals surface area contributed by atoms with E-state index in [1.165, 1.54) is 5.56 Å². The molecule has 4 rings (SSSR count). The third-order valence-electron chi connectivity index (χ3n) is 6.05. The Balaban J connectivity index is 1.37. The van der Waals surface area contributed by atoms with Crippen LogP contribution >= 0.6 is 0 Å². The van der Waals surface area contributed by atoms with Gasteiger partial charge in [-0.2, -0.15) is 0 Å². The van der Waals surface area contributed by atoms with Crippen molar-refractivity contribution >= 4 is 0 Å². The van der Waals surface area contributed by atoms with Crippen molar-refractivity contribution in [1.29, 1.82) is 0 Å². The van der Waals surface area contributed by atoms with E-state index in [2.05, 4.69) is 30.0 Å². The van der Waals surface area contributed by atoms with Crippen LogP contribution in [0.5, 0.6) is 5.75 Å². The van der Waals surface area contributed by atoms with E-state index in [1.54, 1.807) is 6.07 Å². The third-order valence-corrected chi connectivity index (χ3v) is 6.05. The van der Waals surface area contributed by atoms with E-state index in [4.69, 9.17) is 4.74 Å². The van der Waals surface area contributed by atoms with E-state index in [0.29, 0.717) is 25.0 Å². The number of aryl methyl sites for hydroxylation is 3. The fraction of sp³-hybridized carbons (Fsp3) is 0.522. The normalized spacial score (nSPS) is 22.6. The summed E-state index contributed by atoms with van der Waals surface area (Å²) >= 11 is 0. The number of likely N-dealkylation sites (tertiary alicyclic amines) is 1. The van der Waals surface area contributed by atoms with Crippen LogP contribution in [0, 0.1) is 26.7 Å². The maximum atomic E-state index is 12.1. The van der Waals surface area contributed by atoms with E-state index in [1.807, 2.05) is 24.5 Å². The van der Waals surface area contributed by atoms with Gasteiger partial charge < -0.3 is 14.4 Å². The molecule has 3 atom stereocenters. The van der Waals surface area contributed by atoms with Crippen molar-refractivity contribution in [3.8, 4) is 5.75 Å². The van der Waals surface area contributed by atoms with Gasteiger partial charge in [0.1, 0.15) is 18.5 Å². The highest BCUT2D eigenvalue weighted by Crippen LogP contribution is 2.35. The standard InChI is InChI=1S/C23H30N2O3/c1-15-7-16(2)23(17(3)8-15)28-14-20(26)13-24-10-18-9-19(12-24)21-5-4-6-22(27)25(21)11-18/h4-8,18-20,26H,9-14H2,1-3H3/t18-,19-,20-/m1/s1. The van der Waals surface area contributed by atoms with E-state index in [9.17, 15) is 9.90 Å². The first-order valence-electron chi connectivity index (χ1n) is 10.2. The molecule has 5 heteroatoms. The Hall–Kier alpha value is -2.11. The van der Waals surface area contributed by atoms with E-state index in [-0.39, 0.29) is 5.56 Å². The van der Waals surface area contributed by atoms with Crippen LogP contribution in [0.15, 0.2) is 35.1 Å². The first kappa shape index (κ1) is 19.2. The Bertz CT molecular complexity index is 897. The predicted molar refractivity (Wildman–Crippen MR) is 110 cm³/mol. The summed E-state index contributed by atoms with van der Waals surface area (Å²) in [6, 6.07) is 9.81. The minimum Gasteiger partial charge on any atom is -0.490 e. The highest BCUT2D eigenvalue weighted by Gasteiger charge is 2.34. The molecule has 150 valence electrons. The first-order chi connectivity index (χ1) is 13.4. The molecule has 2 aromatic rings. The molecular formula is C23H30N2O3. The second-order valence-electron chi connectivity index (χ2n) is 8.61. The minimum absolute atomic E-state index is 0.109. The number of β-amino-alcohol motifs (C(OH)–C–C–N with tert-alkyl or cyclic N) is 1. The van der Waals surface area contributed by atoms with Gasteiger partial charge in [0.25, 0.3) is 5.56 Å². The van der Waals surface area contributed by atoms with Crippen molar-refractivity contribution in [2.45, 2.75) is 45.8 Å². The van der Waals surface area contributed by atoms with Crippen LogP contribution < -0.4 is 10.3 Å². The van der Waals surface area contributed by atoms with Gasteiger partial charge >= 0.3 is 0 Å². The van der Waals surface area contributed by atoms with Crippen LogP contribution in [0.1, 0.15) is 34.7 Å². The summed E-state index contributed by atoms with van der Waals surface area (Å²) in [5.41, 5.74) is 4.70. The summed E-state index contributed by atoms with van der Waals surface area (Å²) in [7, 11) is 0. The molecule has 0 saturated carbocycles. The number of benzene rings is 1. The van der Waals surface area contributed by atoms with Gasteiger partial charge in [-0.15, -0.1) is 0 Å². The largest absolute Gasteiger partial charge is 0.490 e. The third kappa shape index (κ3) is 3.87. The Kier molecular flexibility index (Phi) is 5.30. The van der Waals surface area contributed by atoms with Crippen LogP contribution in [0.2, 0.25) is 0 Å². The predicted octanol–water partition coefficient (Wildman–Crippen LogP) is 2.63. The summed E-state index contributed by atoms with van der Waals surface area (Å²) in [5, 5.41) is 10.6. The zero-order chi connectivity index (χ0) is 19.8. The number of nitrogens with zero attached hydrogens (tertiary/aromatic N) is 2. The smallest absolute Gasteiger partial charge is 0.250 e. The molecule has 1 N–H and O–H groups in total. The second-order valence-corrected chi connectivity index (χ2v) is 8.61. The lowest BCUT2D eigenvalue weighted by Gasteiger charge is -2.43. The average molecular weight is 383 g/mol. The Labute approximate surface area is 166 Å². The molecule has 0 aliphatic carbocycles. The van der Waals surface area contributed by atoms with Crippen molar-refractivity contribution in [2.24, 2.45) is 5.92 Å². The number of aromatic nitrogens is 1. The lowest BCUT2D eigenvalue weighted by Crippen LogP contribution is -2.49. The van der Waals surface area contributed by atoms with Gasteiger partial charge in [-0.05, 0) is 50.3 Å². The lowest BCUT2D eigenvalue weighted by atomic mass is 9.83. The molecule has 2 bridgehead atoms. The van der Waals surface area contributed by atoms with E-state index in [0.717, 1.165) is 48.6 Å². The van der Waals surface area contributed by atoms with Gasteiger partial charge in [0.05, 0.1) is 0 Å². The van der Waals surface area contributed by atoms with Gasteiger partial charge in [0, 0.05) is 43.9 Å². The lowest BCUT2D eigenvalue weighted by molar-refractivity contribution is 0.0381. The topological polar surface area (TPSA) is 54.7 Å². The van der Waals surface area contributed by atoms with Crippen molar-refractivity contribution in [3.63, 3.8) is 0 Å². The number of rotatable bonds is 5. The monoisotopic (exact) mass is 382 g/mol. The van der Waals surface area contributed by atoms with Crippen molar-refractivity contribution in [3.05, 3.63) is 63.1 Å². The first-order valence-corrected chi connectivity index (χ1v) is 10.2. The number of pyridine rings is 1. The van der Waals surface area contributed by atoms with Crippen LogP contribution in [0.25, 0.3) is 0 Å². The molecule has 0 spiro atoms. The van der Waals surface area contributed by atoms with Gasteiger partial charge in [-0.1, -0.05) is 23.8 Å². The highest BCUT2D eigenvalue weighted by atomic mass is 16.5. The van der Waals surface area contributed by atoms with Gasteiger partial charge in [-0.3, -0.25) is 9.69 Å². The quantitative estimate of drug-likeness (QED) is 0.864. The van der Waals surface area contributed by atoms with Crippen molar-refractivity contribution in [1.82, 2.24) is 9.47 Å². The highest BCUT2D eigenvalue weighted by molar-refractivity contribution is 5.42. The number of ether oxygens (including phenoxy) is 1. The number of hydrogen-bond donors (Lipinski definition) is 1. The SMILES string of the molecule is Cc1cc(C)c(OC[C@H](O)CN2C[C@H]3C[C@H](C2)c2cccc(=O)n2C3)c(C)c1. The summed E-state index contributed by atoms with van der Waals surface area (Å²) in [6.45, 7) is 9.69. The molecule has 0 unspecified atom stereocenters. The molecule has 1 aromatic carbocycles. The molecule has 1 saturated heterocycles. The summed E-state index contributed by atoms with van der Waals surface area (Å²) in [4.78, 5) is 14.5. The van der Waals surface area contributed by atoms with Crippen LogP contribution in [0.4, 0.5) is 0 Å². The molecule has 5 nitrogen and oxygen atoms in total. The summed E-state index contributed by atoms with van der Waals surface area (Å²) < 4.78 is 7.91. The molecule has 3 heterocycles. The molecule has 1 aromatic heterocycles. The number of piperidine rings is 1. The average Bonchev–Trinajstić information content (AvgIpc) is 2.61. The molecule has 28 heavy (non-hydrogen) atoms. The van der Waals surface area contributed by atoms with Crippen LogP contribution in [-0.2, 0) is 6.54 Å². The Morgan fingerprint density at radius 2 is 1.89 bits per heavy atom. The molecule has 1 fully saturated rings. The van der Waals surface area contributed by atoms with Crippen molar-refractivity contribution in [2.75, 3.05) is 26.2 Å². The zero-order valence-corrected chi connectivity index (χ0v) is 17.0. The number of aliphatic hydroxyl groups is 1. The number of aliphatic hydroxyl groups excluding tert-OH is 1. The number of hydrogen-bond acceptors (Lipinski definition) is 4. The Morgan fingerprint density at radius 3 is 2.64 bits per heavy atom. The maximum Gasteiger partial charge on any atom is 0.250 e. The van der Waals surface area contributed by atoms with Crippen LogP contribution in [-0.4, -0.2) is 46.9 Å². The maximum absolute atomic E-state index is 12.1. The molecule has 2 aliphatic heterocycles. The van der Waals surface area contributed by atoms with E-state index < -0.39 is 6.10 Å². The molecular weight excluding hydrogens is 352 g/mol. The van der Waals surface area contributed by atoms with Crippen LogP contribution in [0.3, 0.4) is 0 Å².